The molecule has 4 N–H and O–H groups in total. The van der Waals surface area contributed by atoms with Gasteiger partial charge >= 0.3 is 6.03 Å². The number of carbonyl (C=O) groups excluding carboxylic acids is 3. The zero-order valence-corrected chi connectivity index (χ0v) is 13.9. The number of urea groups is 1. The number of imide groups is 1. The maximum absolute atomic E-state index is 12.4. The molecular formula is C18H18N4O3. The largest absolute Gasteiger partial charge is 0.399 e. The molecule has 1 heterocycles. The fourth-order valence-corrected chi connectivity index (χ4v) is 2.67. The van der Waals surface area contributed by atoms with Gasteiger partial charge in [0.2, 0.25) is 0 Å². The van der Waals surface area contributed by atoms with Crippen LogP contribution in [-0.4, -0.2) is 28.8 Å². The molecule has 0 radical (unpaired) electrons. The Morgan fingerprint density at radius 1 is 0.920 bits per heavy atom. The van der Waals surface area contributed by atoms with Crippen LogP contribution in [0.2, 0.25) is 0 Å². The molecule has 3 rings (SSSR count). The Hall–Kier alpha value is -3.35. The Labute approximate surface area is 144 Å². The molecule has 0 aliphatic carbocycles. The Bertz CT molecular complexity index is 859. The molecule has 7 heteroatoms. The van der Waals surface area contributed by atoms with Crippen LogP contribution in [0.3, 0.4) is 0 Å². The van der Waals surface area contributed by atoms with Gasteiger partial charge in [-0.25, -0.2) is 4.79 Å². The molecule has 7 nitrogen and oxygen atoms in total. The highest BCUT2D eigenvalue weighted by Gasteiger charge is 2.37. The molecule has 0 unspecified atom stereocenters. The van der Waals surface area contributed by atoms with E-state index < -0.39 is 6.03 Å². The van der Waals surface area contributed by atoms with Crippen LogP contribution in [0.15, 0.2) is 42.5 Å². The highest BCUT2D eigenvalue weighted by Crippen LogP contribution is 2.27. The second-order valence-corrected chi connectivity index (χ2v) is 6.04. The molecule has 25 heavy (non-hydrogen) atoms. The lowest BCUT2D eigenvalue weighted by Crippen LogP contribution is -2.35. The van der Waals surface area contributed by atoms with Gasteiger partial charge in [0.1, 0.15) is 0 Å². The fraction of sp³-hybridized carbons (Fsp3) is 0.167. The maximum Gasteiger partial charge on any atom is 0.323 e. The molecule has 0 saturated heterocycles. The third kappa shape index (κ3) is 3.16. The van der Waals surface area contributed by atoms with Gasteiger partial charge in [-0.05, 0) is 56.3 Å². The van der Waals surface area contributed by atoms with Gasteiger partial charge in [0, 0.05) is 23.1 Å². The number of nitrogens with one attached hydrogen (secondary N) is 2. The first-order chi connectivity index (χ1) is 11.9. The molecule has 1 aliphatic heterocycles. The molecule has 2 aromatic carbocycles. The van der Waals surface area contributed by atoms with Crippen molar-refractivity contribution in [3.8, 4) is 0 Å². The monoisotopic (exact) mass is 338 g/mol. The summed E-state index contributed by atoms with van der Waals surface area (Å²) in [5, 5.41) is 5.32. The lowest BCUT2D eigenvalue weighted by atomic mass is 10.1. The van der Waals surface area contributed by atoms with Crippen LogP contribution in [0.1, 0.15) is 34.6 Å². The molecular weight excluding hydrogens is 320 g/mol. The van der Waals surface area contributed by atoms with Crippen LogP contribution in [0.25, 0.3) is 0 Å². The predicted molar refractivity (Wildman–Crippen MR) is 95.6 cm³/mol. The number of benzene rings is 2. The summed E-state index contributed by atoms with van der Waals surface area (Å²) in [7, 11) is 0. The van der Waals surface area contributed by atoms with Gasteiger partial charge in [0.25, 0.3) is 11.8 Å². The Morgan fingerprint density at radius 3 is 2.12 bits per heavy atom. The Morgan fingerprint density at radius 2 is 1.48 bits per heavy atom. The molecule has 0 saturated carbocycles. The first kappa shape index (κ1) is 16.5. The van der Waals surface area contributed by atoms with Crippen LogP contribution in [0.5, 0.6) is 0 Å². The van der Waals surface area contributed by atoms with Crippen molar-refractivity contribution in [3.05, 3.63) is 53.6 Å². The minimum Gasteiger partial charge on any atom is -0.399 e. The van der Waals surface area contributed by atoms with Gasteiger partial charge in [-0.2, -0.15) is 0 Å². The molecule has 2 aromatic rings. The Balaban J connectivity index is 1.75. The zero-order valence-electron chi connectivity index (χ0n) is 13.9. The van der Waals surface area contributed by atoms with E-state index in [0.29, 0.717) is 28.2 Å². The first-order valence-electron chi connectivity index (χ1n) is 7.82. The van der Waals surface area contributed by atoms with Gasteiger partial charge in [0.15, 0.2) is 0 Å². The van der Waals surface area contributed by atoms with Crippen LogP contribution < -0.4 is 16.4 Å². The molecule has 0 bridgehead atoms. The number of amides is 4. The third-order valence-electron chi connectivity index (χ3n) is 3.86. The highest BCUT2D eigenvalue weighted by atomic mass is 16.2. The van der Waals surface area contributed by atoms with Crippen molar-refractivity contribution in [2.45, 2.75) is 19.9 Å². The lowest BCUT2D eigenvalue weighted by molar-refractivity contribution is 0.0609. The summed E-state index contributed by atoms with van der Waals surface area (Å²) in [6.45, 7) is 3.56. The van der Waals surface area contributed by atoms with Crippen molar-refractivity contribution in [2.24, 2.45) is 0 Å². The number of hydrogen-bond donors (Lipinski definition) is 3. The van der Waals surface area contributed by atoms with E-state index in [-0.39, 0.29) is 17.9 Å². The van der Waals surface area contributed by atoms with E-state index in [1.807, 2.05) is 0 Å². The molecule has 0 atom stereocenters. The van der Waals surface area contributed by atoms with Crippen molar-refractivity contribution in [1.29, 1.82) is 0 Å². The van der Waals surface area contributed by atoms with Crippen LogP contribution >= 0.6 is 0 Å². The number of nitrogen functional groups attached to an aromatic ring is 1. The predicted octanol–water partition coefficient (Wildman–Crippen LogP) is 2.92. The van der Waals surface area contributed by atoms with Crippen molar-refractivity contribution in [1.82, 2.24) is 4.90 Å². The van der Waals surface area contributed by atoms with E-state index in [4.69, 9.17) is 5.73 Å². The molecule has 0 aromatic heterocycles. The minimum absolute atomic E-state index is 0.224. The second-order valence-electron chi connectivity index (χ2n) is 6.04. The van der Waals surface area contributed by atoms with Gasteiger partial charge in [-0.15, -0.1) is 0 Å². The van der Waals surface area contributed by atoms with Crippen molar-refractivity contribution in [2.75, 3.05) is 16.4 Å². The molecule has 0 fully saturated rings. The average molecular weight is 338 g/mol. The van der Waals surface area contributed by atoms with E-state index in [9.17, 15) is 14.4 Å². The summed E-state index contributed by atoms with van der Waals surface area (Å²) in [5.74, 6) is -0.662. The number of fused-ring (bicyclic) bond motifs is 1. The van der Waals surface area contributed by atoms with E-state index in [2.05, 4.69) is 10.6 Å². The van der Waals surface area contributed by atoms with Gasteiger partial charge < -0.3 is 16.4 Å². The summed E-state index contributed by atoms with van der Waals surface area (Å²) < 4.78 is 0. The maximum atomic E-state index is 12.4. The standard InChI is InChI=1S/C18H18N4O3/c1-10(2)22-16(23)14-8-7-13(9-15(14)17(22)24)21-18(25)20-12-5-3-11(19)4-6-12/h3-10H,19H2,1-2H3,(H2,20,21,25). The van der Waals surface area contributed by atoms with E-state index in [1.54, 1.807) is 50.2 Å². The summed E-state index contributed by atoms with van der Waals surface area (Å²) in [4.78, 5) is 37.9. The van der Waals surface area contributed by atoms with Crippen LogP contribution in [0, 0.1) is 0 Å². The number of anilines is 3. The summed E-state index contributed by atoms with van der Waals surface area (Å²) >= 11 is 0. The smallest absolute Gasteiger partial charge is 0.323 e. The van der Waals surface area contributed by atoms with Crippen molar-refractivity contribution < 1.29 is 14.4 Å². The van der Waals surface area contributed by atoms with Crippen molar-refractivity contribution >= 4 is 34.9 Å². The van der Waals surface area contributed by atoms with Gasteiger partial charge in [-0.1, -0.05) is 0 Å². The third-order valence-corrected chi connectivity index (χ3v) is 3.86. The molecule has 128 valence electrons. The fourth-order valence-electron chi connectivity index (χ4n) is 2.67. The van der Waals surface area contributed by atoms with E-state index in [1.165, 1.54) is 11.0 Å². The molecule has 1 aliphatic rings. The number of rotatable bonds is 3. The normalized spacial score (nSPS) is 13.2. The van der Waals surface area contributed by atoms with Gasteiger partial charge in [-0.3, -0.25) is 14.5 Å². The van der Waals surface area contributed by atoms with Crippen LogP contribution in [0.4, 0.5) is 21.9 Å². The van der Waals surface area contributed by atoms with E-state index in [0.717, 1.165) is 0 Å². The average Bonchev–Trinajstić information content (AvgIpc) is 2.80. The first-order valence-corrected chi connectivity index (χ1v) is 7.82. The summed E-state index contributed by atoms with van der Waals surface area (Å²) in [5.41, 5.74) is 7.86. The molecule has 4 amide bonds. The number of nitrogens with zero attached hydrogens (tertiary/aromatic N) is 1. The number of nitrogens with two attached hydrogens (primary N) is 1. The van der Waals surface area contributed by atoms with Crippen molar-refractivity contribution in [3.63, 3.8) is 0 Å². The topological polar surface area (TPSA) is 105 Å². The van der Waals surface area contributed by atoms with E-state index >= 15 is 0 Å². The summed E-state index contributed by atoms with van der Waals surface area (Å²) in [6.07, 6.45) is 0. The number of carbonyl (C=O) groups is 3. The lowest BCUT2D eigenvalue weighted by Gasteiger charge is -2.17. The number of hydrogen-bond acceptors (Lipinski definition) is 4. The highest BCUT2D eigenvalue weighted by molar-refractivity contribution is 6.22. The van der Waals surface area contributed by atoms with Crippen LogP contribution in [-0.2, 0) is 0 Å². The van der Waals surface area contributed by atoms with Gasteiger partial charge in [0.05, 0.1) is 11.1 Å². The summed E-state index contributed by atoms with van der Waals surface area (Å²) in [6, 6.07) is 10.7. The SMILES string of the molecule is CC(C)N1C(=O)c2ccc(NC(=O)Nc3ccc(N)cc3)cc2C1=O. The quantitative estimate of drug-likeness (QED) is 0.591. The minimum atomic E-state index is -0.456. The zero-order chi connectivity index (χ0) is 18.1. The second kappa shape index (κ2) is 6.27. The Kier molecular flexibility index (Phi) is 4.14. The molecule has 0 spiro atoms.